The number of carbonyl (C=O) groups is 1. The van der Waals surface area contributed by atoms with Crippen molar-refractivity contribution in [2.75, 3.05) is 13.2 Å². The summed E-state index contributed by atoms with van der Waals surface area (Å²) >= 11 is 1.67. The normalized spacial score (nSPS) is 10.9. The molecule has 0 fully saturated rings. The molecule has 2 aromatic rings. The molecule has 5 heteroatoms. The summed E-state index contributed by atoms with van der Waals surface area (Å²) in [5.74, 6) is -0.222. The van der Waals surface area contributed by atoms with Crippen molar-refractivity contribution in [2.45, 2.75) is 6.61 Å². The van der Waals surface area contributed by atoms with E-state index in [4.69, 9.17) is 14.6 Å². The van der Waals surface area contributed by atoms with Gasteiger partial charge in [0.25, 0.3) is 0 Å². The molecular formula is C16H16O4S. The number of aliphatic carboxylic acids is 1. The fourth-order valence-corrected chi connectivity index (χ4v) is 2.27. The van der Waals surface area contributed by atoms with E-state index in [0.717, 1.165) is 17.4 Å². The Morgan fingerprint density at radius 3 is 2.67 bits per heavy atom. The highest BCUT2D eigenvalue weighted by molar-refractivity contribution is 7.09. The molecule has 0 aliphatic carbocycles. The molecule has 1 N–H and O–H groups in total. The molecule has 0 aliphatic heterocycles. The van der Waals surface area contributed by atoms with Crippen LogP contribution >= 0.6 is 11.3 Å². The fourth-order valence-electron chi connectivity index (χ4n) is 1.63. The molecule has 1 aromatic heterocycles. The smallest absolute Gasteiger partial charge is 0.328 e. The van der Waals surface area contributed by atoms with Crippen molar-refractivity contribution in [3.8, 4) is 5.75 Å². The predicted octanol–water partition coefficient (Wildman–Crippen LogP) is 3.44. The zero-order valence-electron chi connectivity index (χ0n) is 11.4. The Morgan fingerprint density at radius 1 is 1.19 bits per heavy atom. The summed E-state index contributed by atoms with van der Waals surface area (Å²) in [5.41, 5.74) is 0.818. The molecule has 0 saturated carbocycles. The van der Waals surface area contributed by atoms with Crippen LogP contribution in [0.25, 0.3) is 6.08 Å². The van der Waals surface area contributed by atoms with Crippen LogP contribution in [0.1, 0.15) is 10.4 Å². The first-order chi connectivity index (χ1) is 10.2. The summed E-state index contributed by atoms with van der Waals surface area (Å²) in [5, 5.41) is 10.6. The van der Waals surface area contributed by atoms with Gasteiger partial charge in [-0.2, -0.15) is 0 Å². The van der Waals surface area contributed by atoms with Crippen molar-refractivity contribution in [1.82, 2.24) is 0 Å². The van der Waals surface area contributed by atoms with Gasteiger partial charge >= 0.3 is 5.97 Å². The lowest BCUT2D eigenvalue weighted by molar-refractivity contribution is -0.131. The second-order valence-electron chi connectivity index (χ2n) is 4.22. The number of thiophene rings is 1. The molecule has 4 nitrogen and oxygen atoms in total. The molecule has 110 valence electrons. The highest BCUT2D eigenvalue weighted by atomic mass is 32.1. The minimum atomic E-state index is -0.960. The molecule has 1 aromatic carbocycles. The van der Waals surface area contributed by atoms with Crippen LogP contribution in [-0.4, -0.2) is 24.3 Å². The maximum atomic E-state index is 10.4. The molecule has 0 amide bonds. The molecule has 21 heavy (non-hydrogen) atoms. The average molecular weight is 304 g/mol. The number of carboxylic acids is 1. The Bertz CT molecular complexity index is 573. The standard InChI is InChI=1S/C16H16O4S/c17-16(18)8-5-13-3-6-14(7-4-13)20-10-9-19-12-15-2-1-11-21-15/h1-8,11H,9-10,12H2,(H,17,18). The van der Waals surface area contributed by atoms with Gasteiger partial charge in [-0.1, -0.05) is 18.2 Å². The minimum Gasteiger partial charge on any atom is -0.491 e. The van der Waals surface area contributed by atoms with Crippen LogP contribution in [0.4, 0.5) is 0 Å². The van der Waals surface area contributed by atoms with E-state index in [0.29, 0.717) is 19.8 Å². The Balaban J connectivity index is 1.67. The number of carboxylic acid groups (broad SMARTS) is 1. The van der Waals surface area contributed by atoms with Gasteiger partial charge < -0.3 is 14.6 Å². The topological polar surface area (TPSA) is 55.8 Å². The van der Waals surface area contributed by atoms with Crippen molar-refractivity contribution in [3.63, 3.8) is 0 Å². The van der Waals surface area contributed by atoms with Crippen LogP contribution in [-0.2, 0) is 16.1 Å². The van der Waals surface area contributed by atoms with E-state index in [9.17, 15) is 4.79 Å². The monoisotopic (exact) mass is 304 g/mol. The van der Waals surface area contributed by atoms with Gasteiger partial charge in [0, 0.05) is 11.0 Å². The molecule has 0 spiro atoms. The van der Waals surface area contributed by atoms with Crippen molar-refractivity contribution in [1.29, 1.82) is 0 Å². The Hall–Kier alpha value is -2.11. The van der Waals surface area contributed by atoms with Gasteiger partial charge in [-0.05, 0) is 35.2 Å². The van der Waals surface area contributed by atoms with Gasteiger partial charge in [-0.25, -0.2) is 4.79 Å². The van der Waals surface area contributed by atoms with Crippen molar-refractivity contribution < 1.29 is 19.4 Å². The van der Waals surface area contributed by atoms with Crippen LogP contribution in [0.15, 0.2) is 47.9 Å². The summed E-state index contributed by atoms with van der Waals surface area (Å²) in [7, 11) is 0. The van der Waals surface area contributed by atoms with E-state index in [1.54, 1.807) is 35.6 Å². The van der Waals surface area contributed by atoms with Crippen LogP contribution in [0.3, 0.4) is 0 Å². The van der Waals surface area contributed by atoms with Gasteiger partial charge in [0.1, 0.15) is 12.4 Å². The lowest BCUT2D eigenvalue weighted by Gasteiger charge is -2.06. The van der Waals surface area contributed by atoms with Crippen LogP contribution in [0.2, 0.25) is 0 Å². The molecule has 2 rings (SSSR count). The maximum absolute atomic E-state index is 10.4. The molecule has 0 radical (unpaired) electrons. The molecular weight excluding hydrogens is 288 g/mol. The number of hydrogen-bond donors (Lipinski definition) is 1. The third-order valence-corrected chi connectivity index (χ3v) is 3.47. The first-order valence-corrected chi connectivity index (χ1v) is 7.36. The van der Waals surface area contributed by atoms with Gasteiger partial charge in [0.15, 0.2) is 0 Å². The summed E-state index contributed by atoms with van der Waals surface area (Å²) in [6.07, 6.45) is 2.64. The Labute approximate surface area is 127 Å². The highest BCUT2D eigenvalue weighted by Crippen LogP contribution is 2.13. The SMILES string of the molecule is O=C(O)C=Cc1ccc(OCCOCc2cccs2)cc1. The maximum Gasteiger partial charge on any atom is 0.328 e. The van der Waals surface area contributed by atoms with Crippen molar-refractivity contribution in [3.05, 3.63) is 58.3 Å². The quantitative estimate of drug-likeness (QED) is 0.599. The average Bonchev–Trinajstić information content (AvgIpc) is 2.99. The number of benzene rings is 1. The summed E-state index contributed by atoms with van der Waals surface area (Å²) in [6, 6.07) is 11.3. The number of hydrogen-bond acceptors (Lipinski definition) is 4. The van der Waals surface area contributed by atoms with E-state index in [1.807, 2.05) is 17.5 Å². The van der Waals surface area contributed by atoms with Crippen molar-refractivity contribution >= 4 is 23.4 Å². The van der Waals surface area contributed by atoms with E-state index >= 15 is 0 Å². The minimum absolute atomic E-state index is 0.482. The van der Waals surface area contributed by atoms with E-state index < -0.39 is 5.97 Å². The summed E-state index contributed by atoms with van der Waals surface area (Å²) in [6.45, 7) is 1.62. The lowest BCUT2D eigenvalue weighted by atomic mass is 10.2. The first kappa shape index (κ1) is 15.3. The Kier molecular flexibility index (Phi) is 5.99. The number of rotatable bonds is 8. The lowest BCUT2D eigenvalue weighted by Crippen LogP contribution is -2.06. The van der Waals surface area contributed by atoms with Gasteiger partial charge in [0.05, 0.1) is 13.2 Å². The summed E-state index contributed by atoms with van der Waals surface area (Å²) < 4.78 is 11.0. The van der Waals surface area contributed by atoms with Crippen LogP contribution in [0.5, 0.6) is 5.75 Å². The zero-order valence-corrected chi connectivity index (χ0v) is 12.2. The molecule has 0 atom stereocenters. The fraction of sp³-hybridized carbons (Fsp3) is 0.188. The van der Waals surface area contributed by atoms with Crippen molar-refractivity contribution in [2.24, 2.45) is 0 Å². The Morgan fingerprint density at radius 2 is 2.00 bits per heavy atom. The second kappa shape index (κ2) is 8.24. The third-order valence-electron chi connectivity index (χ3n) is 2.62. The van der Waals surface area contributed by atoms with E-state index in [-0.39, 0.29) is 0 Å². The highest BCUT2D eigenvalue weighted by Gasteiger charge is 1.96. The predicted molar refractivity (Wildman–Crippen MR) is 82.6 cm³/mol. The van der Waals surface area contributed by atoms with Crippen LogP contribution in [0, 0.1) is 0 Å². The molecule has 0 aliphatic rings. The largest absolute Gasteiger partial charge is 0.491 e. The van der Waals surface area contributed by atoms with Crippen LogP contribution < -0.4 is 4.74 Å². The molecule has 0 unspecified atom stereocenters. The summed E-state index contributed by atoms with van der Waals surface area (Å²) in [4.78, 5) is 11.6. The van der Waals surface area contributed by atoms with E-state index in [1.165, 1.54) is 11.0 Å². The van der Waals surface area contributed by atoms with Gasteiger partial charge in [0.2, 0.25) is 0 Å². The molecule has 0 bridgehead atoms. The van der Waals surface area contributed by atoms with E-state index in [2.05, 4.69) is 0 Å². The third kappa shape index (κ3) is 5.81. The molecule has 1 heterocycles. The second-order valence-corrected chi connectivity index (χ2v) is 5.25. The van der Waals surface area contributed by atoms with Gasteiger partial charge in [-0.3, -0.25) is 0 Å². The first-order valence-electron chi connectivity index (χ1n) is 6.48. The number of ether oxygens (including phenoxy) is 2. The van der Waals surface area contributed by atoms with Gasteiger partial charge in [-0.15, -0.1) is 11.3 Å². The zero-order chi connectivity index (χ0) is 14.9. The molecule has 0 saturated heterocycles.